The molecule has 2 N–H and O–H groups in total. The fourth-order valence-electron chi connectivity index (χ4n) is 6.74. The van der Waals surface area contributed by atoms with Gasteiger partial charge in [-0.3, -0.25) is 10.8 Å². The Morgan fingerprint density at radius 1 is 0.545 bits per heavy atom. The number of nitriles is 1. The Kier molecular flexibility index (Phi) is 9.78. The lowest BCUT2D eigenvalue weighted by atomic mass is 9.79. The molecule has 1 aromatic heterocycles. The minimum absolute atomic E-state index is 0.0231. The van der Waals surface area contributed by atoms with Crippen LogP contribution in [0, 0.1) is 22.1 Å². The third kappa shape index (κ3) is 7.52. The van der Waals surface area contributed by atoms with Crippen LogP contribution in [0.15, 0.2) is 176 Å². The summed E-state index contributed by atoms with van der Waals surface area (Å²) in [5.41, 5.74) is 9.44. The number of benzene rings is 6. The van der Waals surface area contributed by atoms with Crippen LogP contribution >= 0.6 is 0 Å². The van der Waals surface area contributed by atoms with E-state index in [1.807, 2.05) is 140 Å². The van der Waals surface area contributed by atoms with Crippen LogP contribution in [0.4, 0.5) is 0 Å². The Bertz CT molecular complexity index is 2570. The topological polar surface area (TPSA) is 119 Å². The molecular weight excluding hydrogens is 677 g/mol. The average molecular weight is 711 g/mol. The van der Waals surface area contributed by atoms with Gasteiger partial charge in [-0.05, 0) is 70.7 Å². The molecule has 0 saturated carbocycles. The predicted molar refractivity (Wildman–Crippen MR) is 218 cm³/mol. The van der Waals surface area contributed by atoms with Crippen LogP contribution in [-0.2, 0) is 4.74 Å². The molecule has 7 aromatic rings. The maximum atomic E-state index is 9.85. The summed E-state index contributed by atoms with van der Waals surface area (Å²) in [5.74, 6) is 1.61. The lowest BCUT2D eigenvalue weighted by Crippen LogP contribution is -2.13. The Hall–Kier alpha value is -7.56. The first kappa shape index (κ1) is 34.5. The van der Waals surface area contributed by atoms with E-state index in [4.69, 9.17) is 30.5 Å². The molecule has 1 unspecified atom stereocenters. The van der Waals surface area contributed by atoms with Gasteiger partial charge in [0.05, 0.1) is 11.6 Å². The zero-order valence-electron chi connectivity index (χ0n) is 29.7. The molecule has 0 bridgehead atoms. The molecule has 8 rings (SSSR count). The standard InChI is InChI=1S/C48H34N6O/c49-31-32-13-12-20-39(29-32)43-30-38(33-23-25-35(26-24-33)45(51)55-44(50)34-14-4-1-5-15-34)27-28-41(43)40-21-10-11-22-42(40)48-53-46(36-16-6-2-7-17-36)52-47(54-48)37-18-8-3-9-19-37/h1-26,28-30,38,50-51H,27H2. The highest BCUT2D eigenvalue weighted by molar-refractivity contribution is 6.08. The van der Waals surface area contributed by atoms with Crippen molar-refractivity contribution in [3.63, 3.8) is 0 Å². The second-order valence-electron chi connectivity index (χ2n) is 13.1. The number of nitrogens with one attached hydrogen (secondary N) is 2. The second kappa shape index (κ2) is 15.6. The van der Waals surface area contributed by atoms with Crippen molar-refractivity contribution >= 4 is 22.9 Å². The Balaban J connectivity index is 1.17. The van der Waals surface area contributed by atoms with Crippen molar-refractivity contribution in [1.29, 1.82) is 16.1 Å². The summed E-state index contributed by atoms with van der Waals surface area (Å²) < 4.78 is 5.58. The molecule has 7 heteroatoms. The number of allylic oxidation sites excluding steroid dienone is 4. The zero-order chi connectivity index (χ0) is 37.6. The molecule has 1 aliphatic carbocycles. The van der Waals surface area contributed by atoms with Gasteiger partial charge in [0, 0.05) is 33.7 Å². The molecule has 0 spiro atoms. The quantitative estimate of drug-likeness (QED) is 0.120. The average Bonchev–Trinajstić information content (AvgIpc) is 3.27. The van der Waals surface area contributed by atoms with Crippen LogP contribution in [0.2, 0.25) is 0 Å². The van der Waals surface area contributed by atoms with Gasteiger partial charge < -0.3 is 4.74 Å². The van der Waals surface area contributed by atoms with Crippen molar-refractivity contribution in [3.8, 4) is 40.2 Å². The van der Waals surface area contributed by atoms with Crippen molar-refractivity contribution in [3.05, 3.63) is 209 Å². The minimum Gasteiger partial charge on any atom is -0.421 e. The highest BCUT2D eigenvalue weighted by atomic mass is 16.5. The fraction of sp³-hybridized carbons (Fsp3) is 0.0417. The van der Waals surface area contributed by atoms with E-state index in [9.17, 15) is 5.26 Å². The van der Waals surface area contributed by atoms with E-state index in [0.717, 1.165) is 50.9 Å². The van der Waals surface area contributed by atoms with E-state index < -0.39 is 0 Å². The van der Waals surface area contributed by atoms with Crippen molar-refractivity contribution in [2.75, 3.05) is 0 Å². The molecule has 0 saturated heterocycles. The van der Waals surface area contributed by atoms with E-state index >= 15 is 0 Å². The third-order valence-corrected chi connectivity index (χ3v) is 9.54. The summed E-state index contributed by atoms with van der Waals surface area (Å²) in [4.78, 5) is 15.0. The molecule has 1 atom stereocenters. The van der Waals surface area contributed by atoms with Gasteiger partial charge >= 0.3 is 0 Å². The van der Waals surface area contributed by atoms with Crippen LogP contribution in [0.1, 0.15) is 45.7 Å². The molecule has 0 fully saturated rings. The third-order valence-electron chi connectivity index (χ3n) is 9.54. The number of ether oxygens (including phenoxy) is 1. The van der Waals surface area contributed by atoms with Gasteiger partial charge in [0.15, 0.2) is 17.5 Å². The van der Waals surface area contributed by atoms with Gasteiger partial charge in [0.1, 0.15) is 0 Å². The summed E-state index contributed by atoms with van der Waals surface area (Å²) in [6.45, 7) is 0. The maximum Gasteiger partial charge on any atom is 0.221 e. The van der Waals surface area contributed by atoms with Crippen LogP contribution in [0.5, 0.6) is 0 Å². The van der Waals surface area contributed by atoms with Crippen molar-refractivity contribution in [1.82, 2.24) is 15.0 Å². The number of hydrogen-bond acceptors (Lipinski definition) is 7. The molecule has 0 amide bonds. The van der Waals surface area contributed by atoms with Gasteiger partial charge in [-0.25, -0.2) is 15.0 Å². The highest BCUT2D eigenvalue weighted by Gasteiger charge is 2.24. The molecule has 0 radical (unpaired) electrons. The van der Waals surface area contributed by atoms with E-state index in [0.29, 0.717) is 34.2 Å². The lowest BCUT2D eigenvalue weighted by Gasteiger charge is -2.25. The van der Waals surface area contributed by atoms with E-state index in [-0.39, 0.29) is 17.7 Å². The second-order valence-corrected chi connectivity index (χ2v) is 13.1. The Morgan fingerprint density at radius 3 is 1.69 bits per heavy atom. The Morgan fingerprint density at radius 2 is 1.07 bits per heavy atom. The first-order valence-electron chi connectivity index (χ1n) is 17.9. The molecule has 6 aromatic carbocycles. The van der Waals surface area contributed by atoms with Crippen molar-refractivity contribution in [2.45, 2.75) is 12.3 Å². The fourth-order valence-corrected chi connectivity index (χ4v) is 6.74. The number of hydrogen-bond donors (Lipinski definition) is 2. The van der Waals surface area contributed by atoms with Crippen molar-refractivity contribution in [2.24, 2.45) is 0 Å². The van der Waals surface area contributed by atoms with E-state index in [1.165, 1.54) is 0 Å². The maximum absolute atomic E-state index is 9.85. The van der Waals surface area contributed by atoms with Gasteiger partial charge in [0.2, 0.25) is 11.8 Å². The summed E-state index contributed by atoms with van der Waals surface area (Å²) in [7, 11) is 0. The van der Waals surface area contributed by atoms with Gasteiger partial charge in [-0.1, -0.05) is 140 Å². The van der Waals surface area contributed by atoms with Gasteiger partial charge in [0.25, 0.3) is 0 Å². The van der Waals surface area contributed by atoms with Crippen LogP contribution in [0.25, 0.3) is 45.3 Å². The van der Waals surface area contributed by atoms with Crippen LogP contribution in [-0.4, -0.2) is 26.7 Å². The van der Waals surface area contributed by atoms with E-state index in [2.05, 4.69) is 30.4 Å². The van der Waals surface area contributed by atoms with Crippen LogP contribution in [0.3, 0.4) is 0 Å². The predicted octanol–water partition coefficient (Wildman–Crippen LogP) is 10.8. The first-order valence-corrected chi connectivity index (χ1v) is 17.9. The molecule has 1 aliphatic rings. The highest BCUT2D eigenvalue weighted by Crippen LogP contribution is 2.43. The lowest BCUT2D eigenvalue weighted by molar-refractivity contribution is 0.538. The monoisotopic (exact) mass is 710 g/mol. The molecule has 7 nitrogen and oxygen atoms in total. The minimum atomic E-state index is -0.0865. The number of nitrogens with zero attached hydrogens (tertiary/aromatic N) is 4. The van der Waals surface area contributed by atoms with Crippen LogP contribution < -0.4 is 0 Å². The molecule has 0 aliphatic heterocycles. The number of aromatic nitrogens is 3. The van der Waals surface area contributed by atoms with E-state index in [1.54, 1.807) is 12.1 Å². The zero-order valence-corrected chi connectivity index (χ0v) is 29.7. The molecule has 55 heavy (non-hydrogen) atoms. The number of rotatable bonds is 8. The molecule has 1 heterocycles. The smallest absolute Gasteiger partial charge is 0.221 e. The van der Waals surface area contributed by atoms with Gasteiger partial charge in [-0.2, -0.15) is 5.26 Å². The molecule has 262 valence electrons. The summed E-state index contributed by atoms with van der Waals surface area (Å²) >= 11 is 0. The van der Waals surface area contributed by atoms with Gasteiger partial charge in [-0.15, -0.1) is 0 Å². The summed E-state index contributed by atoms with van der Waals surface area (Å²) in [6, 6.07) is 55.0. The first-order chi connectivity index (χ1) is 27.0. The SMILES string of the molecule is N#Cc1cccc(C2=CC(c3ccc(C(=N)OC(=N)c4ccccc4)cc3)CC=C2c2ccccc2-c2nc(-c3ccccc3)nc(-c3ccccc3)n2)c1. The largest absolute Gasteiger partial charge is 0.421 e. The summed E-state index contributed by atoms with van der Waals surface area (Å²) in [5, 5.41) is 26.7. The normalized spacial score (nSPS) is 13.5. The Labute approximate surface area is 319 Å². The summed E-state index contributed by atoms with van der Waals surface area (Å²) in [6.07, 6.45) is 5.25. The molecular formula is C48H34N6O. The van der Waals surface area contributed by atoms with Crippen molar-refractivity contribution < 1.29 is 4.74 Å².